The number of hydrogen-bond donors (Lipinski definition) is 2. The molecule has 92 valence electrons. The third-order valence-corrected chi connectivity index (χ3v) is 3.28. The molecule has 6 nitrogen and oxygen atoms in total. The predicted molar refractivity (Wildman–Crippen MR) is 58.8 cm³/mol. The third-order valence-electron chi connectivity index (χ3n) is 2.29. The fourth-order valence-corrected chi connectivity index (χ4v) is 2.11. The van der Waals surface area contributed by atoms with E-state index in [1.165, 1.54) is 18.1 Å². The van der Waals surface area contributed by atoms with Gasteiger partial charge in [-0.1, -0.05) is 11.0 Å². The summed E-state index contributed by atoms with van der Waals surface area (Å²) < 4.78 is 33.0. The van der Waals surface area contributed by atoms with Crippen LogP contribution in [-0.2, 0) is 19.5 Å². The summed E-state index contributed by atoms with van der Waals surface area (Å²) in [5, 5.41) is 8.21. The van der Waals surface area contributed by atoms with Crippen molar-refractivity contribution < 1.29 is 23.1 Å². The normalized spacial score (nSPS) is 22.9. The minimum atomic E-state index is -4.00. The summed E-state index contributed by atoms with van der Waals surface area (Å²) in [7, 11) is -2.50. The van der Waals surface area contributed by atoms with Crippen molar-refractivity contribution in [2.75, 3.05) is 7.11 Å². The van der Waals surface area contributed by atoms with Gasteiger partial charge in [0.15, 0.2) is 0 Å². The smallest absolute Gasteiger partial charge is 0.295 e. The molecule has 2 aliphatic rings. The second kappa shape index (κ2) is 4.36. The van der Waals surface area contributed by atoms with Crippen molar-refractivity contribution in [1.82, 2.24) is 4.89 Å². The lowest BCUT2D eigenvalue weighted by Crippen LogP contribution is -2.24. The number of sulfonamides is 1. The largest absolute Gasteiger partial charge is 0.497 e. The van der Waals surface area contributed by atoms with Crippen LogP contribution in [0.25, 0.3) is 0 Å². The molecule has 1 aliphatic carbocycles. The van der Waals surface area contributed by atoms with Crippen molar-refractivity contribution in [2.24, 2.45) is 5.92 Å². The molecule has 0 aromatic heterocycles. The van der Waals surface area contributed by atoms with E-state index in [-0.39, 0.29) is 11.0 Å². The Labute approximate surface area is 98.5 Å². The summed E-state index contributed by atoms with van der Waals surface area (Å²) in [4.78, 5) is 1.22. The van der Waals surface area contributed by atoms with Gasteiger partial charge in [0.25, 0.3) is 10.0 Å². The van der Waals surface area contributed by atoms with Crippen LogP contribution in [0.15, 0.2) is 47.0 Å². The first kappa shape index (κ1) is 11.9. The zero-order valence-electron chi connectivity index (χ0n) is 8.95. The summed E-state index contributed by atoms with van der Waals surface area (Å²) in [6.45, 7) is 0. The Morgan fingerprint density at radius 3 is 2.88 bits per heavy atom. The van der Waals surface area contributed by atoms with Crippen LogP contribution in [0.1, 0.15) is 0 Å². The van der Waals surface area contributed by atoms with E-state index in [1.807, 2.05) is 0 Å². The van der Waals surface area contributed by atoms with Crippen molar-refractivity contribution in [3.05, 3.63) is 47.0 Å². The van der Waals surface area contributed by atoms with Gasteiger partial charge >= 0.3 is 0 Å². The first-order chi connectivity index (χ1) is 8.05. The lowest BCUT2D eigenvalue weighted by atomic mass is 10.1. The molecule has 0 spiro atoms. The van der Waals surface area contributed by atoms with Gasteiger partial charge in [0.2, 0.25) is 5.09 Å². The summed E-state index contributed by atoms with van der Waals surface area (Å²) in [6.07, 6.45) is 8.16. The van der Waals surface area contributed by atoms with Gasteiger partial charge in [0.05, 0.1) is 7.11 Å². The van der Waals surface area contributed by atoms with Gasteiger partial charge in [-0.2, -0.15) is 0 Å². The van der Waals surface area contributed by atoms with Crippen molar-refractivity contribution in [2.45, 2.75) is 0 Å². The Morgan fingerprint density at radius 1 is 1.47 bits per heavy atom. The van der Waals surface area contributed by atoms with Crippen molar-refractivity contribution >= 4 is 10.0 Å². The number of fused-ring (bicyclic) bond motifs is 1. The molecule has 0 fully saturated rings. The molecule has 17 heavy (non-hydrogen) atoms. The van der Waals surface area contributed by atoms with E-state index in [4.69, 9.17) is 14.7 Å². The molecule has 1 heterocycles. The zero-order chi connectivity index (χ0) is 12.5. The summed E-state index contributed by atoms with van der Waals surface area (Å²) in [5.74, 6) is 0.691. The highest BCUT2D eigenvalue weighted by Crippen LogP contribution is 2.27. The van der Waals surface area contributed by atoms with Crippen LogP contribution >= 0.6 is 0 Å². The molecule has 2 N–H and O–H groups in total. The third kappa shape index (κ3) is 2.41. The summed E-state index contributed by atoms with van der Waals surface area (Å²) >= 11 is 0. The van der Waals surface area contributed by atoms with Crippen LogP contribution in [0.2, 0.25) is 0 Å². The first-order valence-corrected chi connectivity index (χ1v) is 6.25. The number of hydrogen-bond acceptors (Lipinski definition) is 5. The van der Waals surface area contributed by atoms with Gasteiger partial charge in [-0.25, -0.2) is 8.42 Å². The topological polar surface area (TPSA) is 84.9 Å². The second-order valence-electron chi connectivity index (χ2n) is 3.44. The van der Waals surface area contributed by atoms with E-state index >= 15 is 0 Å². The number of rotatable bonds is 3. The average Bonchev–Trinajstić information content (AvgIpc) is 2.47. The van der Waals surface area contributed by atoms with E-state index in [9.17, 15) is 8.42 Å². The highest BCUT2D eigenvalue weighted by Gasteiger charge is 2.25. The lowest BCUT2D eigenvalue weighted by molar-refractivity contribution is 0.236. The van der Waals surface area contributed by atoms with Crippen LogP contribution in [0, 0.1) is 5.92 Å². The van der Waals surface area contributed by atoms with Crippen LogP contribution < -0.4 is 4.89 Å². The molecule has 2 bridgehead atoms. The van der Waals surface area contributed by atoms with Crippen LogP contribution in [0.5, 0.6) is 0 Å². The van der Waals surface area contributed by atoms with Gasteiger partial charge in [-0.3, -0.25) is 0 Å². The number of methoxy groups -OCH3 is 1. The van der Waals surface area contributed by atoms with Crippen molar-refractivity contribution in [3.8, 4) is 0 Å². The molecule has 0 amide bonds. The zero-order valence-corrected chi connectivity index (χ0v) is 9.77. The van der Waals surface area contributed by atoms with Crippen molar-refractivity contribution in [1.29, 1.82) is 0 Å². The highest BCUT2D eigenvalue weighted by molar-refractivity contribution is 7.93. The van der Waals surface area contributed by atoms with E-state index < -0.39 is 10.0 Å². The van der Waals surface area contributed by atoms with E-state index in [0.29, 0.717) is 11.5 Å². The maximum absolute atomic E-state index is 11.4. The Bertz CT molecular complexity index is 541. The molecule has 0 saturated carbocycles. The Balaban J connectivity index is 2.35. The van der Waals surface area contributed by atoms with Crippen LogP contribution in [0.3, 0.4) is 0 Å². The van der Waals surface area contributed by atoms with E-state index in [2.05, 4.69) is 0 Å². The van der Waals surface area contributed by atoms with Gasteiger partial charge in [-0.15, -0.1) is 0 Å². The quantitative estimate of drug-likeness (QED) is 0.729. The van der Waals surface area contributed by atoms with Gasteiger partial charge < -0.3 is 14.7 Å². The standard InChI is InChI=1S/C10H11NO5S/c1-15-8-3-2-7-4-9(6-8)16-10(5-7)17(13,14)11-12/h2-7,11-12H,1H3. The van der Waals surface area contributed by atoms with Gasteiger partial charge in [-0.05, 0) is 18.2 Å². The predicted octanol–water partition coefficient (Wildman–Crippen LogP) is 0.767. The fourth-order valence-electron chi connectivity index (χ4n) is 1.48. The highest BCUT2D eigenvalue weighted by atomic mass is 32.2. The molecule has 2 rings (SSSR count). The monoisotopic (exact) mass is 257 g/mol. The van der Waals surface area contributed by atoms with Gasteiger partial charge in [0, 0.05) is 12.0 Å². The Hall–Kier alpha value is -1.57. The molecule has 0 saturated heterocycles. The van der Waals surface area contributed by atoms with Crippen LogP contribution in [-0.4, -0.2) is 20.7 Å². The Morgan fingerprint density at radius 2 is 2.24 bits per heavy atom. The number of nitrogens with one attached hydrogen (secondary N) is 1. The maximum Gasteiger partial charge on any atom is 0.295 e. The second-order valence-corrected chi connectivity index (χ2v) is 5.03. The maximum atomic E-state index is 11.4. The molecule has 1 aliphatic heterocycles. The minimum Gasteiger partial charge on any atom is -0.497 e. The fraction of sp³-hybridized carbons (Fsp3) is 0.200. The van der Waals surface area contributed by atoms with Gasteiger partial charge in [0.1, 0.15) is 11.5 Å². The molecular formula is C10H11NO5S. The lowest BCUT2D eigenvalue weighted by Gasteiger charge is -2.16. The summed E-state index contributed by atoms with van der Waals surface area (Å²) in [5.41, 5.74) is 0. The molecule has 1 atom stereocenters. The molecule has 0 aromatic rings. The molecular weight excluding hydrogens is 246 g/mol. The molecule has 0 radical (unpaired) electrons. The van der Waals surface area contributed by atoms with Crippen LogP contribution in [0.4, 0.5) is 0 Å². The SMILES string of the molecule is COC1=CC2=CC(C=C1)C=C(S(=O)(=O)NO)O2. The minimum absolute atomic E-state index is 0.222. The molecule has 7 heteroatoms. The summed E-state index contributed by atoms with van der Waals surface area (Å²) in [6, 6.07) is 0. The molecule has 1 unspecified atom stereocenters. The number of allylic oxidation sites excluding steroid dienone is 5. The average molecular weight is 257 g/mol. The van der Waals surface area contributed by atoms with Crippen molar-refractivity contribution in [3.63, 3.8) is 0 Å². The first-order valence-electron chi connectivity index (χ1n) is 4.76. The Kier molecular flexibility index (Phi) is 3.05. The number of ether oxygens (including phenoxy) is 2. The molecule has 0 aromatic carbocycles. The van der Waals surface area contributed by atoms with E-state index in [1.54, 1.807) is 24.3 Å². The van der Waals surface area contributed by atoms with E-state index in [0.717, 1.165) is 0 Å².